The topological polar surface area (TPSA) is 65.8 Å². The van der Waals surface area contributed by atoms with Crippen LogP contribution in [0.25, 0.3) is 0 Å². The van der Waals surface area contributed by atoms with Gasteiger partial charge in [0.05, 0.1) is 10.4 Å². The molecule has 5 heteroatoms. The Morgan fingerprint density at radius 1 is 1.44 bits per heavy atom. The standard InChI is InChI=1S/C11H7N3OS/c12-7-8-3-1-5-13-10(8)14-11(15)9-4-2-6-16-9/h1-6H,(H,13,14,15). The predicted octanol–water partition coefficient (Wildman–Crippen LogP) is 2.27. The monoisotopic (exact) mass is 229 g/mol. The van der Waals surface area contributed by atoms with Crippen molar-refractivity contribution < 1.29 is 4.79 Å². The first kappa shape index (κ1) is 10.3. The van der Waals surface area contributed by atoms with E-state index < -0.39 is 0 Å². The largest absolute Gasteiger partial charge is 0.305 e. The minimum absolute atomic E-state index is 0.245. The molecule has 0 fully saturated rings. The molecule has 2 aromatic heterocycles. The highest BCUT2D eigenvalue weighted by Crippen LogP contribution is 2.14. The number of carbonyl (C=O) groups excluding carboxylic acids is 1. The summed E-state index contributed by atoms with van der Waals surface area (Å²) in [6.07, 6.45) is 1.53. The second kappa shape index (κ2) is 4.55. The van der Waals surface area contributed by atoms with Crippen LogP contribution >= 0.6 is 11.3 Å². The number of nitrogens with one attached hydrogen (secondary N) is 1. The third kappa shape index (κ3) is 2.07. The van der Waals surface area contributed by atoms with Crippen molar-refractivity contribution in [2.45, 2.75) is 0 Å². The second-order valence-electron chi connectivity index (χ2n) is 2.94. The molecule has 4 nitrogen and oxygen atoms in total. The molecule has 0 saturated heterocycles. The van der Waals surface area contributed by atoms with Crippen molar-refractivity contribution in [3.63, 3.8) is 0 Å². The van der Waals surface area contributed by atoms with Gasteiger partial charge in [0.15, 0.2) is 5.82 Å². The number of hydrogen-bond donors (Lipinski definition) is 1. The molecule has 1 N–H and O–H groups in total. The zero-order chi connectivity index (χ0) is 11.4. The highest BCUT2D eigenvalue weighted by atomic mass is 32.1. The lowest BCUT2D eigenvalue weighted by Gasteiger charge is -2.03. The number of nitrogens with zero attached hydrogens (tertiary/aromatic N) is 2. The molecule has 0 aromatic carbocycles. The van der Waals surface area contributed by atoms with Gasteiger partial charge in [-0.2, -0.15) is 5.26 Å². The molecule has 16 heavy (non-hydrogen) atoms. The van der Waals surface area contributed by atoms with Crippen molar-refractivity contribution in [3.8, 4) is 6.07 Å². The van der Waals surface area contributed by atoms with E-state index in [0.29, 0.717) is 16.3 Å². The molecule has 0 radical (unpaired) electrons. The lowest BCUT2D eigenvalue weighted by molar-refractivity contribution is 0.103. The first-order valence-electron chi connectivity index (χ1n) is 4.51. The van der Waals surface area contributed by atoms with Crippen LogP contribution in [0.1, 0.15) is 15.2 Å². The number of pyridine rings is 1. The van der Waals surface area contributed by atoms with Gasteiger partial charge in [-0.15, -0.1) is 11.3 Å². The van der Waals surface area contributed by atoms with E-state index in [1.807, 2.05) is 11.4 Å². The Kier molecular flexibility index (Phi) is 2.94. The van der Waals surface area contributed by atoms with Crippen molar-refractivity contribution in [1.82, 2.24) is 4.98 Å². The van der Waals surface area contributed by atoms with Crippen LogP contribution in [0.5, 0.6) is 0 Å². The molecule has 2 heterocycles. The molecule has 2 rings (SSSR count). The van der Waals surface area contributed by atoms with Crippen LogP contribution in [-0.4, -0.2) is 10.9 Å². The smallest absolute Gasteiger partial charge is 0.266 e. The predicted molar refractivity (Wildman–Crippen MR) is 61.2 cm³/mol. The first-order valence-corrected chi connectivity index (χ1v) is 5.39. The summed E-state index contributed by atoms with van der Waals surface area (Å²) in [6, 6.07) is 8.74. The van der Waals surface area contributed by atoms with Crippen LogP contribution in [-0.2, 0) is 0 Å². The van der Waals surface area contributed by atoms with Crippen molar-refractivity contribution in [3.05, 3.63) is 46.3 Å². The summed E-state index contributed by atoms with van der Waals surface area (Å²) in [4.78, 5) is 16.2. The highest BCUT2D eigenvalue weighted by Gasteiger charge is 2.09. The summed E-state index contributed by atoms with van der Waals surface area (Å²) < 4.78 is 0. The SMILES string of the molecule is N#Cc1cccnc1NC(=O)c1cccs1. The van der Waals surface area contributed by atoms with Gasteiger partial charge in [-0.3, -0.25) is 4.79 Å². The minimum Gasteiger partial charge on any atom is -0.305 e. The molecule has 78 valence electrons. The number of anilines is 1. The number of thiophene rings is 1. The lowest BCUT2D eigenvalue weighted by Crippen LogP contribution is -2.12. The maximum absolute atomic E-state index is 11.7. The third-order valence-corrected chi connectivity index (χ3v) is 2.77. The second-order valence-corrected chi connectivity index (χ2v) is 3.89. The van der Waals surface area contributed by atoms with Gasteiger partial charge < -0.3 is 5.32 Å². The maximum Gasteiger partial charge on any atom is 0.266 e. The van der Waals surface area contributed by atoms with E-state index in [0.717, 1.165) is 0 Å². The summed E-state index contributed by atoms with van der Waals surface area (Å²) in [7, 11) is 0. The van der Waals surface area contributed by atoms with E-state index in [1.165, 1.54) is 17.5 Å². The van der Waals surface area contributed by atoms with Crippen molar-refractivity contribution in [2.75, 3.05) is 5.32 Å². The lowest BCUT2D eigenvalue weighted by atomic mass is 10.3. The van der Waals surface area contributed by atoms with E-state index in [4.69, 9.17) is 5.26 Å². The average Bonchev–Trinajstić information content (AvgIpc) is 2.83. The summed E-state index contributed by atoms with van der Waals surface area (Å²) >= 11 is 1.34. The molecular formula is C11H7N3OS. The van der Waals surface area contributed by atoms with E-state index in [9.17, 15) is 4.79 Å². The molecule has 0 spiro atoms. The van der Waals surface area contributed by atoms with Gasteiger partial charge >= 0.3 is 0 Å². The molecule has 0 saturated carbocycles. The Labute approximate surface area is 96.2 Å². The van der Waals surface area contributed by atoms with Crippen LogP contribution in [0.3, 0.4) is 0 Å². The molecule has 0 atom stereocenters. The molecule has 0 unspecified atom stereocenters. The fourth-order valence-electron chi connectivity index (χ4n) is 1.17. The summed E-state index contributed by atoms with van der Waals surface area (Å²) in [6.45, 7) is 0. The Morgan fingerprint density at radius 3 is 3.00 bits per heavy atom. The van der Waals surface area contributed by atoms with Gasteiger partial charge in [0.25, 0.3) is 5.91 Å². The quantitative estimate of drug-likeness (QED) is 0.859. The normalized spacial score (nSPS) is 9.44. The van der Waals surface area contributed by atoms with Crippen molar-refractivity contribution in [1.29, 1.82) is 5.26 Å². The highest BCUT2D eigenvalue weighted by molar-refractivity contribution is 7.12. The maximum atomic E-state index is 11.7. The van der Waals surface area contributed by atoms with Gasteiger partial charge in [0, 0.05) is 6.20 Å². The fraction of sp³-hybridized carbons (Fsp3) is 0. The molecule has 1 amide bonds. The van der Waals surface area contributed by atoms with Crippen LogP contribution in [0.15, 0.2) is 35.8 Å². The molecule has 0 aliphatic heterocycles. The van der Waals surface area contributed by atoms with E-state index in [2.05, 4.69) is 10.3 Å². The Hall–Kier alpha value is -2.19. The van der Waals surface area contributed by atoms with Crippen LogP contribution < -0.4 is 5.32 Å². The Bertz CT molecular complexity index is 543. The van der Waals surface area contributed by atoms with Gasteiger partial charge in [-0.25, -0.2) is 4.98 Å². The number of rotatable bonds is 2. The van der Waals surface area contributed by atoms with Crippen molar-refractivity contribution >= 4 is 23.1 Å². The minimum atomic E-state index is -0.245. The average molecular weight is 229 g/mol. The number of aromatic nitrogens is 1. The fourth-order valence-corrected chi connectivity index (χ4v) is 1.79. The number of hydrogen-bond acceptors (Lipinski definition) is 4. The van der Waals surface area contributed by atoms with Crippen LogP contribution in [0.2, 0.25) is 0 Å². The number of amides is 1. The van der Waals surface area contributed by atoms with Crippen molar-refractivity contribution in [2.24, 2.45) is 0 Å². The zero-order valence-electron chi connectivity index (χ0n) is 8.18. The zero-order valence-corrected chi connectivity index (χ0v) is 8.99. The van der Waals surface area contributed by atoms with E-state index in [1.54, 1.807) is 24.3 Å². The molecule has 2 aromatic rings. The number of carbonyl (C=O) groups is 1. The van der Waals surface area contributed by atoms with Gasteiger partial charge in [0.1, 0.15) is 6.07 Å². The van der Waals surface area contributed by atoms with E-state index >= 15 is 0 Å². The summed E-state index contributed by atoms with van der Waals surface area (Å²) in [5, 5.41) is 13.2. The van der Waals surface area contributed by atoms with Gasteiger partial charge in [-0.1, -0.05) is 6.07 Å². The van der Waals surface area contributed by atoms with E-state index in [-0.39, 0.29) is 5.91 Å². The molecule has 0 aliphatic rings. The van der Waals surface area contributed by atoms with Crippen LogP contribution in [0.4, 0.5) is 5.82 Å². The van der Waals surface area contributed by atoms with Gasteiger partial charge in [-0.05, 0) is 23.6 Å². The Balaban J connectivity index is 2.22. The summed E-state index contributed by atoms with van der Waals surface area (Å²) in [5.74, 6) is 0.0496. The van der Waals surface area contributed by atoms with Crippen LogP contribution in [0, 0.1) is 11.3 Å². The molecular weight excluding hydrogens is 222 g/mol. The molecule has 0 aliphatic carbocycles. The number of nitriles is 1. The Morgan fingerprint density at radius 2 is 2.31 bits per heavy atom. The summed E-state index contributed by atoms with van der Waals surface area (Å²) in [5.41, 5.74) is 0.354. The third-order valence-electron chi connectivity index (χ3n) is 1.91. The first-order chi connectivity index (χ1) is 7.81. The molecule has 0 bridgehead atoms. The van der Waals surface area contributed by atoms with Gasteiger partial charge in [0.2, 0.25) is 0 Å².